The smallest absolute Gasteiger partial charge is 0.405 e. The van der Waals surface area contributed by atoms with Gasteiger partial charge in [0.05, 0.1) is 6.07 Å². The molecule has 0 aliphatic heterocycles. The van der Waals surface area contributed by atoms with Crippen molar-refractivity contribution in [2.45, 2.75) is 5.16 Å². The molecule has 0 amide bonds. The summed E-state index contributed by atoms with van der Waals surface area (Å²) in [4.78, 5) is 10.9. The van der Waals surface area contributed by atoms with Gasteiger partial charge in [0.1, 0.15) is 5.75 Å². The Labute approximate surface area is 146 Å². The predicted molar refractivity (Wildman–Crippen MR) is 96.2 cm³/mol. The van der Waals surface area contributed by atoms with Crippen LogP contribution in [-0.4, -0.2) is 4.89 Å². The Morgan fingerprint density at radius 3 is 1.60 bits per heavy atom. The van der Waals surface area contributed by atoms with Crippen LogP contribution in [0.5, 0.6) is 5.75 Å². The van der Waals surface area contributed by atoms with E-state index < -0.39 is 12.8 Å². The number of benzene rings is 3. The maximum absolute atomic E-state index is 13.3. The molecule has 0 aromatic heterocycles. The molecule has 124 valence electrons. The molecule has 5 heteroatoms. The normalized spacial score (nSPS) is 13.4. The van der Waals surface area contributed by atoms with E-state index in [4.69, 9.17) is 4.52 Å². The SMILES string of the molecule is N#CC(c1ccccc1)(c1ccccc1)P(=O)(O)Oc1ccccc1. The molecule has 0 saturated heterocycles. The highest BCUT2D eigenvalue weighted by atomic mass is 31.2. The van der Waals surface area contributed by atoms with Gasteiger partial charge in [0.25, 0.3) is 0 Å². The first-order valence-electron chi connectivity index (χ1n) is 7.70. The average Bonchev–Trinajstić information content (AvgIpc) is 2.65. The Kier molecular flexibility index (Phi) is 4.72. The Morgan fingerprint density at radius 2 is 1.20 bits per heavy atom. The van der Waals surface area contributed by atoms with Crippen molar-refractivity contribution in [3.63, 3.8) is 0 Å². The Hall–Kier alpha value is -2.86. The minimum absolute atomic E-state index is 0.236. The van der Waals surface area contributed by atoms with E-state index in [9.17, 15) is 14.7 Å². The first kappa shape index (κ1) is 17.0. The molecule has 3 aromatic carbocycles. The van der Waals surface area contributed by atoms with Gasteiger partial charge in [0.2, 0.25) is 5.16 Å². The van der Waals surface area contributed by atoms with E-state index in [0.717, 1.165) is 0 Å². The molecule has 1 unspecified atom stereocenters. The summed E-state index contributed by atoms with van der Waals surface area (Å²) in [5.41, 5.74) is 0.816. The second-order valence-electron chi connectivity index (χ2n) is 5.48. The van der Waals surface area contributed by atoms with Gasteiger partial charge in [-0.05, 0) is 23.3 Å². The third-order valence-electron chi connectivity index (χ3n) is 3.94. The fourth-order valence-corrected chi connectivity index (χ4v) is 4.36. The Bertz CT molecular complexity index is 882. The Balaban J connectivity index is 2.21. The molecule has 4 nitrogen and oxygen atoms in total. The Morgan fingerprint density at radius 1 is 0.800 bits per heavy atom. The predicted octanol–water partition coefficient (Wildman–Crippen LogP) is 4.72. The van der Waals surface area contributed by atoms with Crippen LogP contribution in [0.2, 0.25) is 0 Å². The van der Waals surface area contributed by atoms with Crippen LogP contribution in [-0.2, 0) is 9.72 Å². The van der Waals surface area contributed by atoms with Gasteiger partial charge in [-0.1, -0.05) is 78.9 Å². The molecule has 1 N–H and O–H groups in total. The highest BCUT2D eigenvalue weighted by Crippen LogP contribution is 2.63. The lowest BCUT2D eigenvalue weighted by Crippen LogP contribution is -2.28. The van der Waals surface area contributed by atoms with Crippen molar-refractivity contribution in [1.82, 2.24) is 0 Å². The van der Waals surface area contributed by atoms with Crippen molar-refractivity contribution in [3.05, 3.63) is 102 Å². The fraction of sp³-hybridized carbons (Fsp3) is 0.0500. The summed E-state index contributed by atoms with van der Waals surface area (Å²) in [6.45, 7) is 0. The number of rotatable bonds is 5. The van der Waals surface area contributed by atoms with Gasteiger partial charge in [-0.2, -0.15) is 5.26 Å². The van der Waals surface area contributed by atoms with Crippen molar-refractivity contribution in [3.8, 4) is 11.8 Å². The lowest BCUT2D eigenvalue weighted by atomic mass is 9.91. The molecule has 0 saturated carbocycles. The van der Waals surface area contributed by atoms with Gasteiger partial charge in [-0.25, -0.2) is 4.57 Å². The second-order valence-corrected chi connectivity index (χ2v) is 7.37. The van der Waals surface area contributed by atoms with Crippen LogP contribution in [0.3, 0.4) is 0 Å². The maximum atomic E-state index is 13.3. The number of hydrogen-bond donors (Lipinski definition) is 1. The maximum Gasteiger partial charge on any atom is 0.405 e. The van der Waals surface area contributed by atoms with Crippen LogP contribution in [0.1, 0.15) is 11.1 Å². The molecule has 0 aliphatic rings. The molecule has 25 heavy (non-hydrogen) atoms. The quantitative estimate of drug-likeness (QED) is 0.677. The van der Waals surface area contributed by atoms with Crippen LogP contribution >= 0.6 is 7.60 Å². The molecule has 0 bridgehead atoms. The average molecular weight is 349 g/mol. The van der Waals surface area contributed by atoms with Crippen LogP contribution < -0.4 is 4.52 Å². The molecule has 3 aromatic rings. The second kappa shape index (κ2) is 6.94. The molecule has 0 spiro atoms. The van der Waals surface area contributed by atoms with Crippen molar-refractivity contribution in [2.75, 3.05) is 0 Å². The third kappa shape index (κ3) is 3.08. The zero-order valence-electron chi connectivity index (χ0n) is 13.3. The molecular weight excluding hydrogens is 333 g/mol. The molecule has 0 heterocycles. The monoisotopic (exact) mass is 349 g/mol. The van der Waals surface area contributed by atoms with Crippen LogP contribution in [0.15, 0.2) is 91.0 Å². The van der Waals surface area contributed by atoms with Crippen molar-refractivity contribution < 1.29 is 14.0 Å². The van der Waals surface area contributed by atoms with E-state index in [1.54, 1.807) is 91.0 Å². The van der Waals surface area contributed by atoms with Gasteiger partial charge < -0.3 is 9.42 Å². The number of nitriles is 1. The molecule has 3 rings (SSSR count). The van der Waals surface area contributed by atoms with E-state index in [1.807, 2.05) is 0 Å². The van der Waals surface area contributed by atoms with E-state index in [-0.39, 0.29) is 5.75 Å². The standard InChI is InChI=1S/C20H16NO3P/c21-16-20(17-10-4-1-5-11-17,18-12-6-2-7-13-18)25(22,23)24-19-14-8-3-9-15-19/h1-15H,(H,22,23). The van der Waals surface area contributed by atoms with Gasteiger partial charge >= 0.3 is 7.60 Å². The van der Waals surface area contributed by atoms with Crippen LogP contribution in [0.4, 0.5) is 0 Å². The first-order valence-corrected chi connectivity index (χ1v) is 9.28. The van der Waals surface area contributed by atoms with E-state index >= 15 is 0 Å². The molecule has 0 radical (unpaired) electrons. The van der Waals surface area contributed by atoms with E-state index in [0.29, 0.717) is 11.1 Å². The molecule has 0 aliphatic carbocycles. The van der Waals surface area contributed by atoms with Gasteiger partial charge in [0, 0.05) is 0 Å². The van der Waals surface area contributed by atoms with E-state index in [1.165, 1.54) is 0 Å². The number of nitrogens with zero attached hydrogens (tertiary/aromatic N) is 1. The first-order chi connectivity index (χ1) is 12.1. The zero-order valence-corrected chi connectivity index (χ0v) is 14.2. The largest absolute Gasteiger partial charge is 0.423 e. The zero-order chi connectivity index (χ0) is 17.8. The minimum atomic E-state index is -4.46. The fourth-order valence-electron chi connectivity index (χ4n) is 2.74. The lowest BCUT2D eigenvalue weighted by molar-refractivity contribution is 0.360. The topological polar surface area (TPSA) is 70.3 Å². The highest BCUT2D eigenvalue weighted by molar-refractivity contribution is 7.55. The van der Waals surface area contributed by atoms with Crippen molar-refractivity contribution >= 4 is 7.60 Å². The third-order valence-corrected chi connectivity index (χ3v) is 5.86. The van der Waals surface area contributed by atoms with Crippen molar-refractivity contribution in [2.24, 2.45) is 0 Å². The summed E-state index contributed by atoms with van der Waals surface area (Å²) < 4.78 is 18.8. The summed E-state index contributed by atoms with van der Waals surface area (Å²) in [7, 11) is -4.46. The van der Waals surface area contributed by atoms with Crippen LogP contribution in [0, 0.1) is 11.3 Å². The van der Waals surface area contributed by atoms with Gasteiger partial charge in [0.15, 0.2) is 0 Å². The highest BCUT2D eigenvalue weighted by Gasteiger charge is 2.54. The number of para-hydroxylation sites is 1. The lowest BCUT2D eigenvalue weighted by Gasteiger charge is -2.31. The summed E-state index contributed by atoms with van der Waals surface area (Å²) in [6, 6.07) is 27.6. The summed E-state index contributed by atoms with van der Waals surface area (Å²) in [6.07, 6.45) is 0. The minimum Gasteiger partial charge on any atom is -0.423 e. The van der Waals surface area contributed by atoms with Gasteiger partial charge in [-0.3, -0.25) is 0 Å². The summed E-state index contributed by atoms with van der Waals surface area (Å²) in [5, 5.41) is 8.21. The molecule has 1 atom stereocenters. The van der Waals surface area contributed by atoms with Crippen LogP contribution in [0.25, 0.3) is 0 Å². The molecule has 0 fully saturated rings. The number of hydrogen-bond acceptors (Lipinski definition) is 3. The molecular formula is C20H16NO3P. The summed E-state index contributed by atoms with van der Waals surface area (Å²) >= 11 is 0. The van der Waals surface area contributed by atoms with Crippen molar-refractivity contribution in [1.29, 1.82) is 5.26 Å². The summed E-state index contributed by atoms with van der Waals surface area (Å²) in [5.74, 6) is 0.236. The van der Waals surface area contributed by atoms with Gasteiger partial charge in [-0.15, -0.1) is 0 Å². The van der Waals surface area contributed by atoms with E-state index in [2.05, 4.69) is 6.07 Å².